The minimum absolute atomic E-state index is 0.00272. The minimum Gasteiger partial charge on any atom is -0.497 e. The van der Waals surface area contributed by atoms with Gasteiger partial charge in [-0.3, -0.25) is 4.21 Å². The molecule has 0 aliphatic heterocycles. The van der Waals surface area contributed by atoms with Crippen LogP contribution in [0.2, 0.25) is 0 Å². The van der Waals surface area contributed by atoms with Gasteiger partial charge in [0.15, 0.2) is 0 Å². The maximum atomic E-state index is 12.5. The van der Waals surface area contributed by atoms with Crippen LogP contribution in [0, 0.1) is 0 Å². The van der Waals surface area contributed by atoms with E-state index in [4.69, 9.17) is 10.5 Å². The zero-order chi connectivity index (χ0) is 13.5. The zero-order valence-electron chi connectivity index (χ0n) is 11.4. The number of ether oxygens (including phenoxy) is 1. The minimum atomic E-state index is -1.04. The highest BCUT2D eigenvalue weighted by Gasteiger charge is 2.23. The van der Waals surface area contributed by atoms with Gasteiger partial charge in [0.05, 0.1) is 23.2 Å². The first kappa shape index (κ1) is 15.2. The largest absolute Gasteiger partial charge is 0.497 e. The zero-order valence-corrected chi connectivity index (χ0v) is 12.2. The number of rotatable bonds is 7. The van der Waals surface area contributed by atoms with E-state index in [9.17, 15) is 4.21 Å². The Bertz CT molecular complexity index is 378. The predicted octanol–water partition coefficient (Wildman–Crippen LogP) is 2.71. The van der Waals surface area contributed by atoms with Crippen LogP contribution in [-0.4, -0.2) is 22.6 Å². The first-order valence-corrected chi connectivity index (χ1v) is 7.65. The molecule has 3 atom stereocenters. The van der Waals surface area contributed by atoms with Gasteiger partial charge in [-0.1, -0.05) is 20.3 Å². The van der Waals surface area contributed by atoms with Gasteiger partial charge in [-0.25, -0.2) is 0 Å². The number of hydrogen-bond donors (Lipinski definition) is 1. The van der Waals surface area contributed by atoms with Crippen LogP contribution in [0.1, 0.15) is 33.1 Å². The van der Waals surface area contributed by atoms with Crippen LogP contribution >= 0.6 is 0 Å². The summed E-state index contributed by atoms with van der Waals surface area (Å²) in [6.45, 7) is 4.14. The van der Waals surface area contributed by atoms with Gasteiger partial charge in [0, 0.05) is 10.9 Å². The van der Waals surface area contributed by atoms with Gasteiger partial charge in [-0.05, 0) is 37.1 Å². The molecule has 0 saturated carbocycles. The lowest BCUT2D eigenvalue weighted by atomic mass is 10.1. The van der Waals surface area contributed by atoms with Gasteiger partial charge >= 0.3 is 0 Å². The van der Waals surface area contributed by atoms with Crippen molar-refractivity contribution in [3.63, 3.8) is 0 Å². The molecule has 0 heterocycles. The highest BCUT2D eigenvalue weighted by molar-refractivity contribution is 7.85. The van der Waals surface area contributed by atoms with Crippen molar-refractivity contribution in [3.8, 4) is 5.75 Å². The molecule has 4 heteroatoms. The summed E-state index contributed by atoms with van der Waals surface area (Å²) in [6, 6.07) is 7.39. The lowest BCUT2D eigenvalue weighted by Crippen LogP contribution is -2.37. The van der Waals surface area contributed by atoms with E-state index in [0.29, 0.717) is 0 Å². The lowest BCUT2D eigenvalue weighted by molar-refractivity contribution is 0.414. The van der Waals surface area contributed by atoms with Gasteiger partial charge in [0.25, 0.3) is 0 Å². The number of methoxy groups -OCH3 is 1. The lowest BCUT2D eigenvalue weighted by Gasteiger charge is -2.21. The molecule has 1 rings (SSSR count). The van der Waals surface area contributed by atoms with Crippen molar-refractivity contribution in [2.75, 3.05) is 7.11 Å². The SMILES string of the molecule is CCCC(N)C(CC)S(=O)c1ccc(OC)cc1. The first-order valence-electron chi connectivity index (χ1n) is 6.44. The molecule has 3 nitrogen and oxygen atoms in total. The molecule has 1 aromatic carbocycles. The predicted molar refractivity (Wildman–Crippen MR) is 76.4 cm³/mol. The van der Waals surface area contributed by atoms with Crippen molar-refractivity contribution in [2.45, 2.75) is 49.3 Å². The third kappa shape index (κ3) is 3.82. The molecule has 0 aliphatic rings. The average molecular weight is 269 g/mol. The van der Waals surface area contributed by atoms with E-state index < -0.39 is 10.8 Å². The van der Waals surface area contributed by atoms with Gasteiger partial charge in [-0.2, -0.15) is 0 Å². The third-order valence-electron chi connectivity index (χ3n) is 3.07. The Morgan fingerprint density at radius 3 is 2.33 bits per heavy atom. The van der Waals surface area contributed by atoms with Crippen molar-refractivity contribution in [3.05, 3.63) is 24.3 Å². The summed E-state index contributed by atoms with van der Waals surface area (Å²) in [5.74, 6) is 0.779. The fourth-order valence-corrected chi connectivity index (χ4v) is 3.53. The quantitative estimate of drug-likeness (QED) is 0.828. The van der Waals surface area contributed by atoms with Gasteiger partial charge < -0.3 is 10.5 Å². The molecule has 1 aromatic rings. The van der Waals surface area contributed by atoms with Crippen molar-refractivity contribution in [1.82, 2.24) is 0 Å². The second-order valence-corrected chi connectivity index (χ2v) is 6.04. The van der Waals surface area contributed by atoms with E-state index >= 15 is 0 Å². The standard InChI is InChI=1S/C14H23NO2S/c1-4-6-13(15)14(5-2)18(16)12-9-7-11(17-3)8-10-12/h7-10,13-14H,4-6,15H2,1-3H3. The Kier molecular flexibility index (Phi) is 6.36. The summed E-state index contributed by atoms with van der Waals surface area (Å²) < 4.78 is 17.6. The third-order valence-corrected chi connectivity index (χ3v) is 5.04. The molecular weight excluding hydrogens is 246 g/mol. The van der Waals surface area contributed by atoms with E-state index in [2.05, 4.69) is 6.92 Å². The molecule has 0 radical (unpaired) electrons. The van der Waals surface area contributed by atoms with Gasteiger partial charge in [-0.15, -0.1) is 0 Å². The second-order valence-electron chi connectivity index (χ2n) is 4.37. The Balaban J connectivity index is 2.82. The monoisotopic (exact) mass is 269 g/mol. The number of nitrogens with two attached hydrogens (primary N) is 1. The maximum absolute atomic E-state index is 12.5. The van der Waals surface area contributed by atoms with Crippen molar-refractivity contribution >= 4 is 10.8 Å². The van der Waals surface area contributed by atoms with Crippen LogP contribution in [0.25, 0.3) is 0 Å². The van der Waals surface area contributed by atoms with Crippen LogP contribution in [0.3, 0.4) is 0 Å². The van der Waals surface area contributed by atoms with Gasteiger partial charge in [0.2, 0.25) is 0 Å². The highest BCUT2D eigenvalue weighted by atomic mass is 32.2. The Morgan fingerprint density at radius 2 is 1.89 bits per heavy atom. The van der Waals surface area contributed by atoms with Crippen LogP contribution in [0.4, 0.5) is 0 Å². The molecule has 3 unspecified atom stereocenters. The number of benzene rings is 1. The summed E-state index contributed by atoms with van der Waals surface area (Å²) in [5.41, 5.74) is 6.12. The summed E-state index contributed by atoms with van der Waals surface area (Å²) in [4.78, 5) is 0.828. The molecule has 0 saturated heterocycles. The molecule has 0 fully saturated rings. The van der Waals surface area contributed by atoms with Crippen molar-refractivity contribution in [2.24, 2.45) is 5.73 Å². The summed E-state index contributed by atoms with van der Waals surface area (Å²) in [5, 5.41) is 0.0262. The smallest absolute Gasteiger partial charge is 0.118 e. The summed E-state index contributed by atoms with van der Waals surface area (Å²) in [6.07, 6.45) is 2.78. The summed E-state index contributed by atoms with van der Waals surface area (Å²) >= 11 is 0. The van der Waals surface area contributed by atoms with E-state index in [-0.39, 0.29) is 11.3 Å². The van der Waals surface area contributed by atoms with Crippen LogP contribution in [0.5, 0.6) is 5.75 Å². The molecule has 0 aliphatic carbocycles. The molecule has 2 N–H and O–H groups in total. The van der Waals surface area contributed by atoms with E-state index in [1.165, 1.54) is 0 Å². The second kappa shape index (κ2) is 7.54. The fourth-order valence-electron chi connectivity index (χ4n) is 2.02. The molecule has 0 spiro atoms. The topological polar surface area (TPSA) is 52.3 Å². The maximum Gasteiger partial charge on any atom is 0.118 e. The Hall–Kier alpha value is -0.870. The molecule has 18 heavy (non-hydrogen) atoms. The summed E-state index contributed by atoms with van der Waals surface area (Å²) in [7, 11) is 0.579. The molecule has 102 valence electrons. The average Bonchev–Trinajstić information content (AvgIpc) is 2.40. The highest BCUT2D eigenvalue weighted by Crippen LogP contribution is 2.20. The van der Waals surface area contributed by atoms with E-state index in [1.807, 2.05) is 31.2 Å². The first-order chi connectivity index (χ1) is 8.63. The molecule has 0 amide bonds. The normalized spacial score (nSPS) is 16.0. The fraction of sp³-hybridized carbons (Fsp3) is 0.571. The van der Waals surface area contributed by atoms with Crippen LogP contribution < -0.4 is 10.5 Å². The van der Waals surface area contributed by atoms with E-state index in [0.717, 1.165) is 29.9 Å². The van der Waals surface area contributed by atoms with Crippen LogP contribution in [-0.2, 0) is 10.8 Å². The molecule has 0 aromatic heterocycles. The van der Waals surface area contributed by atoms with Crippen molar-refractivity contribution in [1.29, 1.82) is 0 Å². The van der Waals surface area contributed by atoms with Crippen LogP contribution in [0.15, 0.2) is 29.2 Å². The van der Waals surface area contributed by atoms with Crippen molar-refractivity contribution < 1.29 is 8.95 Å². The Labute approximate surface area is 112 Å². The van der Waals surface area contributed by atoms with E-state index in [1.54, 1.807) is 7.11 Å². The molecular formula is C14H23NO2S. The van der Waals surface area contributed by atoms with Gasteiger partial charge in [0.1, 0.15) is 5.75 Å². The number of hydrogen-bond acceptors (Lipinski definition) is 3. The Morgan fingerprint density at radius 1 is 1.28 bits per heavy atom. The molecule has 0 bridgehead atoms.